The molecule has 2 heterocycles. The Labute approximate surface area is 133 Å². The number of aromatic nitrogens is 3. The highest BCUT2D eigenvalue weighted by atomic mass is 16.5. The van der Waals surface area contributed by atoms with E-state index in [1.165, 1.54) is 0 Å². The van der Waals surface area contributed by atoms with Crippen LogP contribution in [0.25, 0.3) is 5.69 Å². The minimum atomic E-state index is -0.453. The van der Waals surface area contributed by atoms with Crippen LogP contribution in [0.5, 0.6) is 11.6 Å². The van der Waals surface area contributed by atoms with Gasteiger partial charge in [-0.25, -0.2) is 14.8 Å². The monoisotopic (exact) mass is 309 g/mol. The first-order chi connectivity index (χ1) is 11.3. The van der Waals surface area contributed by atoms with Crippen molar-refractivity contribution in [2.45, 2.75) is 6.92 Å². The first-order valence-corrected chi connectivity index (χ1v) is 7.16. The van der Waals surface area contributed by atoms with Gasteiger partial charge < -0.3 is 14.0 Å². The van der Waals surface area contributed by atoms with Crippen molar-refractivity contribution in [3.05, 3.63) is 66.9 Å². The number of ether oxygens (including phenoxy) is 2. The number of rotatable bonds is 5. The van der Waals surface area contributed by atoms with Gasteiger partial charge in [0.2, 0.25) is 5.88 Å². The highest BCUT2D eigenvalue weighted by Gasteiger charge is 2.15. The Morgan fingerprint density at radius 1 is 1.17 bits per heavy atom. The van der Waals surface area contributed by atoms with Crippen molar-refractivity contribution in [2.24, 2.45) is 0 Å². The number of carbonyl (C=O) groups excluding carboxylic acids is 1. The van der Waals surface area contributed by atoms with Crippen LogP contribution in [-0.4, -0.2) is 27.1 Å². The first-order valence-electron chi connectivity index (χ1n) is 7.16. The molecule has 0 bridgehead atoms. The molecule has 1 aromatic carbocycles. The van der Waals surface area contributed by atoms with Crippen LogP contribution in [0.4, 0.5) is 0 Å². The number of hydrogen-bond acceptors (Lipinski definition) is 5. The van der Waals surface area contributed by atoms with Gasteiger partial charge in [0.15, 0.2) is 0 Å². The van der Waals surface area contributed by atoms with E-state index < -0.39 is 5.97 Å². The Hall–Kier alpha value is -3.15. The maximum absolute atomic E-state index is 11.9. The molecule has 0 aliphatic rings. The van der Waals surface area contributed by atoms with Crippen molar-refractivity contribution in [1.29, 1.82) is 0 Å². The molecule has 116 valence electrons. The summed E-state index contributed by atoms with van der Waals surface area (Å²) in [4.78, 5) is 20.0. The molecule has 0 N–H and O–H groups in total. The lowest BCUT2D eigenvalue weighted by atomic mass is 10.2. The zero-order valence-corrected chi connectivity index (χ0v) is 12.5. The van der Waals surface area contributed by atoms with E-state index in [0.717, 1.165) is 5.69 Å². The third-order valence-electron chi connectivity index (χ3n) is 3.12. The van der Waals surface area contributed by atoms with Gasteiger partial charge in [-0.2, -0.15) is 0 Å². The zero-order chi connectivity index (χ0) is 16.1. The van der Waals surface area contributed by atoms with E-state index in [1.807, 2.05) is 22.9 Å². The standard InChI is InChI=1S/C17H15N3O3/c1-2-22-17(21)15-4-3-9-19-16(15)23-14-7-5-13(6-8-14)20-11-10-18-12-20/h3-12H,2H2,1H3. The molecule has 0 atom stereocenters. The quantitative estimate of drug-likeness (QED) is 0.677. The summed E-state index contributed by atoms with van der Waals surface area (Å²) in [6.45, 7) is 2.05. The number of esters is 1. The largest absolute Gasteiger partial charge is 0.462 e. The van der Waals surface area contributed by atoms with Crippen molar-refractivity contribution < 1.29 is 14.3 Å². The van der Waals surface area contributed by atoms with E-state index in [9.17, 15) is 4.79 Å². The Morgan fingerprint density at radius 2 is 2.00 bits per heavy atom. The molecule has 0 radical (unpaired) electrons. The van der Waals surface area contributed by atoms with Gasteiger partial charge in [0, 0.05) is 24.3 Å². The van der Waals surface area contributed by atoms with Crippen LogP contribution in [-0.2, 0) is 4.74 Å². The highest BCUT2D eigenvalue weighted by Crippen LogP contribution is 2.24. The van der Waals surface area contributed by atoms with Gasteiger partial charge in [-0.1, -0.05) is 0 Å². The normalized spacial score (nSPS) is 10.3. The number of hydrogen-bond donors (Lipinski definition) is 0. The fourth-order valence-electron chi connectivity index (χ4n) is 2.05. The van der Waals surface area contributed by atoms with Gasteiger partial charge in [-0.15, -0.1) is 0 Å². The smallest absolute Gasteiger partial charge is 0.343 e. The number of carbonyl (C=O) groups is 1. The lowest BCUT2D eigenvalue weighted by Gasteiger charge is -2.10. The lowest BCUT2D eigenvalue weighted by molar-refractivity contribution is 0.0522. The van der Waals surface area contributed by atoms with Crippen LogP contribution in [0.3, 0.4) is 0 Å². The Kier molecular flexibility index (Phi) is 4.33. The number of imidazole rings is 1. The maximum Gasteiger partial charge on any atom is 0.343 e. The molecule has 6 nitrogen and oxygen atoms in total. The Bertz CT molecular complexity index is 783. The molecule has 0 aliphatic carbocycles. The highest BCUT2D eigenvalue weighted by molar-refractivity contribution is 5.91. The predicted molar refractivity (Wildman–Crippen MR) is 83.8 cm³/mol. The predicted octanol–water partition coefficient (Wildman–Crippen LogP) is 3.24. The van der Waals surface area contributed by atoms with E-state index in [1.54, 1.807) is 49.9 Å². The van der Waals surface area contributed by atoms with Gasteiger partial charge in [-0.05, 0) is 43.3 Å². The average molecular weight is 309 g/mol. The second kappa shape index (κ2) is 6.74. The molecule has 0 amide bonds. The SMILES string of the molecule is CCOC(=O)c1cccnc1Oc1ccc(-n2ccnc2)cc1. The van der Waals surface area contributed by atoms with Gasteiger partial charge >= 0.3 is 5.97 Å². The van der Waals surface area contributed by atoms with E-state index in [-0.39, 0.29) is 5.88 Å². The Morgan fingerprint density at radius 3 is 2.70 bits per heavy atom. The van der Waals surface area contributed by atoms with Crippen molar-refractivity contribution in [1.82, 2.24) is 14.5 Å². The summed E-state index contributed by atoms with van der Waals surface area (Å²) < 4.78 is 12.6. The van der Waals surface area contributed by atoms with Crippen molar-refractivity contribution in [2.75, 3.05) is 6.61 Å². The molecule has 0 aliphatic heterocycles. The fraction of sp³-hybridized carbons (Fsp3) is 0.118. The summed E-state index contributed by atoms with van der Waals surface area (Å²) in [5, 5.41) is 0. The van der Waals surface area contributed by atoms with Crippen LogP contribution in [0, 0.1) is 0 Å². The van der Waals surface area contributed by atoms with Crippen LogP contribution < -0.4 is 4.74 Å². The molecule has 2 aromatic heterocycles. The van der Waals surface area contributed by atoms with Crippen molar-refractivity contribution in [3.63, 3.8) is 0 Å². The topological polar surface area (TPSA) is 66.2 Å². The number of benzene rings is 1. The summed E-state index contributed by atoms with van der Waals surface area (Å²) in [7, 11) is 0. The molecule has 0 saturated heterocycles. The third kappa shape index (κ3) is 3.37. The fourth-order valence-corrected chi connectivity index (χ4v) is 2.05. The molecular weight excluding hydrogens is 294 g/mol. The summed E-state index contributed by atoms with van der Waals surface area (Å²) in [5.74, 6) is 0.352. The van der Waals surface area contributed by atoms with Crippen molar-refractivity contribution in [3.8, 4) is 17.3 Å². The first kappa shape index (κ1) is 14.8. The molecule has 3 aromatic rings. The minimum Gasteiger partial charge on any atom is -0.462 e. The average Bonchev–Trinajstić information content (AvgIpc) is 3.11. The van der Waals surface area contributed by atoms with Gasteiger partial charge in [-0.3, -0.25) is 0 Å². The number of pyridine rings is 1. The molecule has 0 spiro atoms. The number of nitrogens with zero attached hydrogens (tertiary/aromatic N) is 3. The molecular formula is C17H15N3O3. The second-order valence-electron chi connectivity index (χ2n) is 4.64. The van der Waals surface area contributed by atoms with Crippen molar-refractivity contribution >= 4 is 5.97 Å². The van der Waals surface area contributed by atoms with Gasteiger partial charge in [0.05, 0.1) is 12.9 Å². The van der Waals surface area contributed by atoms with Crippen LogP contribution >= 0.6 is 0 Å². The van der Waals surface area contributed by atoms with E-state index in [4.69, 9.17) is 9.47 Å². The Balaban J connectivity index is 1.81. The summed E-state index contributed by atoms with van der Waals surface area (Å²) in [5.41, 5.74) is 1.26. The summed E-state index contributed by atoms with van der Waals surface area (Å²) >= 11 is 0. The van der Waals surface area contributed by atoms with E-state index >= 15 is 0 Å². The molecule has 3 rings (SSSR count). The van der Waals surface area contributed by atoms with E-state index in [0.29, 0.717) is 17.9 Å². The molecule has 0 fully saturated rings. The van der Waals surface area contributed by atoms with Crippen LogP contribution in [0.2, 0.25) is 0 Å². The maximum atomic E-state index is 11.9. The van der Waals surface area contributed by atoms with Gasteiger partial charge in [0.25, 0.3) is 0 Å². The second-order valence-corrected chi connectivity index (χ2v) is 4.64. The van der Waals surface area contributed by atoms with E-state index in [2.05, 4.69) is 9.97 Å². The van der Waals surface area contributed by atoms with Gasteiger partial charge in [0.1, 0.15) is 11.3 Å². The lowest BCUT2D eigenvalue weighted by Crippen LogP contribution is -2.07. The molecule has 6 heteroatoms. The summed E-state index contributed by atoms with van der Waals surface area (Å²) in [6.07, 6.45) is 6.85. The minimum absolute atomic E-state index is 0.223. The molecule has 23 heavy (non-hydrogen) atoms. The van der Waals surface area contributed by atoms with Crippen LogP contribution in [0.15, 0.2) is 61.3 Å². The van der Waals surface area contributed by atoms with Crippen LogP contribution in [0.1, 0.15) is 17.3 Å². The molecule has 0 unspecified atom stereocenters. The zero-order valence-electron chi connectivity index (χ0n) is 12.5. The summed E-state index contributed by atoms with van der Waals surface area (Å²) in [6, 6.07) is 10.7. The third-order valence-corrected chi connectivity index (χ3v) is 3.12. The molecule has 0 saturated carbocycles.